The van der Waals surface area contributed by atoms with Crippen LogP contribution in [0.4, 0.5) is 0 Å². The molecule has 5 heteroatoms. The molecule has 0 aromatic rings. The Kier molecular flexibility index (Phi) is 1.51. The maximum atomic E-state index is 10.3. The molecule has 2 N–H and O–H groups in total. The van der Waals surface area contributed by atoms with Crippen LogP contribution in [0.25, 0.3) is 0 Å². The van der Waals surface area contributed by atoms with Crippen molar-refractivity contribution < 1.29 is 24.4 Å². The monoisotopic (exact) mass is 228 g/mol. The van der Waals surface area contributed by atoms with E-state index in [1.165, 1.54) is 7.11 Å². The lowest BCUT2D eigenvalue weighted by Crippen LogP contribution is -2.47. The average Bonchev–Trinajstić information content (AvgIpc) is 2.83. The summed E-state index contributed by atoms with van der Waals surface area (Å²) < 4.78 is 16.7. The first-order valence-electron chi connectivity index (χ1n) is 5.84. The summed E-state index contributed by atoms with van der Waals surface area (Å²) in [6.45, 7) is 1.64. The van der Waals surface area contributed by atoms with Gasteiger partial charge in [-0.3, -0.25) is 4.74 Å². The zero-order valence-electron chi connectivity index (χ0n) is 9.29. The van der Waals surface area contributed by atoms with Crippen molar-refractivity contribution in [1.29, 1.82) is 0 Å². The maximum Gasteiger partial charge on any atom is 0.289 e. The van der Waals surface area contributed by atoms with Crippen molar-refractivity contribution in [2.75, 3.05) is 7.11 Å². The normalized spacial score (nSPS) is 70.5. The van der Waals surface area contributed by atoms with Gasteiger partial charge in [0.2, 0.25) is 0 Å². The zero-order valence-corrected chi connectivity index (χ0v) is 9.29. The summed E-state index contributed by atoms with van der Waals surface area (Å²) in [5, 5.41) is 20.4. The zero-order chi connectivity index (χ0) is 11.3. The van der Waals surface area contributed by atoms with Crippen LogP contribution in [0.15, 0.2) is 0 Å². The first-order chi connectivity index (χ1) is 7.50. The topological polar surface area (TPSA) is 68.2 Å². The van der Waals surface area contributed by atoms with Crippen LogP contribution in [0.5, 0.6) is 0 Å². The molecule has 0 aromatic heterocycles. The summed E-state index contributed by atoms with van der Waals surface area (Å²) in [6.07, 6.45) is 0.243. The molecule has 0 aromatic carbocycles. The van der Waals surface area contributed by atoms with Gasteiger partial charge in [0.1, 0.15) is 0 Å². The molecule has 4 fully saturated rings. The van der Waals surface area contributed by atoms with E-state index in [-0.39, 0.29) is 29.8 Å². The number of methoxy groups -OCH3 is 1. The van der Waals surface area contributed by atoms with Crippen molar-refractivity contribution >= 4 is 0 Å². The Bertz CT molecular complexity index is 356. The van der Waals surface area contributed by atoms with Crippen molar-refractivity contribution in [2.24, 2.45) is 23.7 Å². The van der Waals surface area contributed by atoms with Crippen molar-refractivity contribution in [3.8, 4) is 0 Å². The Morgan fingerprint density at radius 2 is 2.06 bits per heavy atom. The summed E-state index contributed by atoms with van der Waals surface area (Å²) >= 11 is 0. The van der Waals surface area contributed by atoms with E-state index in [1.807, 2.05) is 0 Å². The van der Waals surface area contributed by atoms with E-state index in [4.69, 9.17) is 14.2 Å². The average molecular weight is 228 g/mol. The molecular formula is C11H16O5. The molecule has 7 unspecified atom stereocenters. The second kappa shape index (κ2) is 2.47. The molecular weight excluding hydrogens is 212 g/mol. The van der Waals surface area contributed by atoms with Gasteiger partial charge in [-0.25, -0.2) is 0 Å². The summed E-state index contributed by atoms with van der Waals surface area (Å²) in [7, 11) is 1.53. The molecule has 2 aliphatic heterocycles. The first-order valence-corrected chi connectivity index (χ1v) is 5.84. The number of ether oxygens (including phenoxy) is 3. The quantitative estimate of drug-likeness (QED) is 0.643. The van der Waals surface area contributed by atoms with Crippen LogP contribution in [0.3, 0.4) is 0 Å². The lowest BCUT2D eigenvalue weighted by molar-refractivity contribution is -0.410. The third kappa shape index (κ3) is 0.781. The lowest BCUT2D eigenvalue weighted by atomic mass is 9.75. The van der Waals surface area contributed by atoms with Crippen LogP contribution in [0.1, 0.15) is 13.3 Å². The maximum absolute atomic E-state index is 10.3. The second-order valence-corrected chi connectivity index (χ2v) is 5.65. The van der Waals surface area contributed by atoms with E-state index < -0.39 is 17.9 Å². The van der Waals surface area contributed by atoms with Gasteiger partial charge < -0.3 is 19.7 Å². The fourth-order valence-corrected chi connectivity index (χ4v) is 4.64. The van der Waals surface area contributed by atoms with Crippen molar-refractivity contribution in [2.45, 2.75) is 37.3 Å². The van der Waals surface area contributed by atoms with E-state index in [1.54, 1.807) is 6.92 Å². The van der Waals surface area contributed by atoms with Crippen LogP contribution in [0.2, 0.25) is 0 Å². The van der Waals surface area contributed by atoms with Crippen LogP contribution in [-0.4, -0.2) is 41.3 Å². The van der Waals surface area contributed by atoms with Crippen molar-refractivity contribution in [3.63, 3.8) is 0 Å². The summed E-state index contributed by atoms with van der Waals surface area (Å²) in [6, 6.07) is 0. The van der Waals surface area contributed by atoms with Crippen molar-refractivity contribution in [3.05, 3.63) is 0 Å². The summed E-state index contributed by atoms with van der Waals surface area (Å²) in [5.74, 6) is -2.06. The number of aliphatic hydroxyl groups excluding tert-OH is 1. The molecule has 0 amide bonds. The molecule has 4 rings (SSSR count). The highest BCUT2D eigenvalue weighted by Crippen LogP contribution is 2.70. The highest BCUT2D eigenvalue weighted by atomic mass is 16.9. The van der Waals surface area contributed by atoms with Gasteiger partial charge in [-0.05, 0) is 25.2 Å². The highest BCUT2D eigenvalue weighted by molar-refractivity contribution is 5.18. The van der Waals surface area contributed by atoms with E-state index in [9.17, 15) is 10.2 Å². The summed E-state index contributed by atoms with van der Waals surface area (Å²) in [4.78, 5) is 0. The lowest BCUT2D eigenvalue weighted by Gasteiger charge is -2.35. The minimum atomic E-state index is -1.26. The minimum absolute atomic E-state index is 0.0610. The molecule has 2 aliphatic carbocycles. The van der Waals surface area contributed by atoms with Gasteiger partial charge in [0.25, 0.3) is 5.97 Å². The standard InChI is InChI=1S/C11H16O5/c1-10(13)6-4-3-5-7(6)11(14-2,16-10)15-9(5)8(4)12/h4-9,12-13H,3H2,1-2H3/t4?,5?,6?,7?,8-,9?,10?,11?/m0/s1. The minimum Gasteiger partial charge on any atom is -0.390 e. The van der Waals surface area contributed by atoms with Crippen LogP contribution < -0.4 is 0 Å². The third-order valence-electron chi connectivity index (χ3n) is 5.01. The Hall–Kier alpha value is -0.200. The summed E-state index contributed by atoms with van der Waals surface area (Å²) in [5.41, 5.74) is 0. The molecule has 90 valence electrons. The predicted octanol–water partition coefficient (Wildman–Crippen LogP) is -0.333. The Morgan fingerprint density at radius 1 is 1.31 bits per heavy atom. The van der Waals surface area contributed by atoms with Crippen LogP contribution >= 0.6 is 0 Å². The molecule has 8 atom stereocenters. The van der Waals surface area contributed by atoms with Gasteiger partial charge in [-0.2, -0.15) is 0 Å². The van der Waals surface area contributed by atoms with Crippen LogP contribution in [-0.2, 0) is 14.2 Å². The number of fused-ring (bicyclic) bond motifs is 2. The molecule has 2 saturated heterocycles. The van der Waals surface area contributed by atoms with Gasteiger partial charge in [-0.1, -0.05) is 0 Å². The molecule has 2 heterocycles. The SMILES string of the molecule is COC12OC3C4CC(C(C41)C(C)(O)O2)[C@@H]3O. The Balaban J connectivity index is 1.88. The van der Waals surface area contributed by atoms with Gasteiger partial charge in [0.05, 0.1) is 18.1 Å². The number of hydrogen-bond acceptors (Lipinski definition) is 5. The fraction of sp³-hybridized carbons (Fsp3) is 1.00. The number of aliphatic hydroxyl groups is 2. The first kappa shape index (κ1) is 9.79. The second-order valence-electron chi connectivity index (χ2n) is 5.65. The Morgan fingerprint density at radius 3 is 2.75 bits per heavy atom. The van der Waals surface area contributed by atoms with Crippen LogP contribution in [0, 0.1) is 23.7 Å². The predicted molar refractivity (Wildman–Crippen MR) is 50.9 cm³/mol. The third-order valence-corrected chi connectivity index (χ3v) is 5.01. The molecule has 2 bridgehead atoms. The molecule has 16 heavy (non-hydrogen) atoms. The van der Waals surface area contributed by atoms with Gasteiger partial charge in [-0.15, -0.1) is 0 Å². The van der Waals surface area contributed by atoms with E-state index in [0.717, 1.165) is 6.42 Å². The molecule has 4 aliphatic rings. The highest BCUT2D eigenvalue weighted by Gasteiger charge is 2.80. The smallest absolute Gasteiger partial charge is 0.289 e. The van der Waals surface area contributed by atoms with Crippen molar-refractivity contribution in [1.82, 2.24) is 0 Å². The molecule has 5 nitrogen and oxygen atoms in total. The van der Waals surface area contributed by atoms with E-state index in [0.29, 0.717) is 0 Å². The van der Waals surface area contributed by atoms with Gasteiger partial charge >= 0.3 is 0 Å². The molecule has 2 saturated carbocycles. The number of rotatable bonds is 1. The fourth-order valence-electron chi connectivity index (χ4n) is 4.64. The van der Waals surface area contributed by atoms with Gasteiger partial charge in [0, 0.05) is 13.0 Å². The van der Waals surface area contributed by atoms with Gasteiger partial charge in [0.15, 0.2) is 5.79 Å². The number of hydrogen-bond donors (Lipinski definition) is 2. The molecule has 0 spiro atoms. The van der Waals surface area contributed by atoms with E-state index in [2.05, 4.69) is 0 Å². The van der Waals surface area contributed by atoms with E-state index >= 15 is 0 Å². The molecule has 0 radical (unpaired) electrons. The Labute approximate surface area is 93.3 Å². The largest absolute Gasteiger partial charge is 0.390 e.